The van der Waals surface area contributed by atoms with E-state index in [1.54, 1.807) is 12.4 Å². The van der Waals surface area contributed by atoms with Crippen molar-refractivity contribution in [2.24, 2.45) is 0 Å². The third kappa shape index (κ3) is 7.20. The van der Waals surface area contributed by atoms with Crippen LogP contribution in [0.15, 0.2) is 234 Å². The van der Waals surface area contributed by atoms with E-state index in [2.05, 4.69) is 194 Å². The van der Waals surface area contributed by atoms with Crippen LogP contribution in [-0.2, 0) is 12.8 Å². The van der Waals surface area contributed by atoms with Crippen LogP contribution in [0.1, 0.15) is 16.7 Å². The van der Waals surface area contributed by atoms with Crippen molar-refractivity contribution >= 4 is 75.4 Å². The summed E-state index contributed by atoms with van der Waals surface area (Å²) >= 11 is 1.88. The van der Waals surface area contributed by atoms with Gasteiger partial charge in [0.2, 0.25) is 0 Å². The highest BCUT2D eigenvalue weighted by Gasteiger charge is 2.18. The lowest BCUT2D eigenvalue weighted by atomic mass is 9.88. The molecular weight excluding hydrogens is 897 g/mol. The van der Waals surface area contributed by atoms with E-state index < -0.39 is 0 Å². The van der Waals surface area contributed by atoms with Crippen LogP contribution >= 0.6 is 11.3 Å². The first-order valence-electron chi connectivity index (χ1n) is 24.5. The van der Waals surface area contributed by atoms with Crippen molar-refractivity contribution in [1.82, 2.24) is 9.97 Å². The average Bonchev–Trinajstić information content (AvgIpc) is 4.15. The number of aromatic nitrogens is 2. The van der Waals surface area contributed by atoms with E-state index in [1.807, 2.05) is 41.8 Å². The van der Waals surface area contributed by atoms with E-state index in [-0.39, 0.29) is 0 Å². The van der Waals surface area contributed by atoms with Crippen molar-refractivity contribution in [3.8, 4) is 66.9 Å². The summed E-state index contributed by atoms with van der Waals surface area (Å²) in [6.07, 6.45) is 7.20. The Morgan fingerprint density at radius 2 is 1.00 bits per heavy atom. The predicted octanol–water partition coefficient (Wildman–Crippen LogP) is 18.7. The van der Waals surface area contributed by atoms with Gasteiger partial charge in [0.25, 0.3) is 0 Å². The second kappa shape index (κ2) is 17.2. The number of hydrogen-bond acceptors (Lipinski definition) is 5. The molecule has 9 aromatic carbocycles. The van der Waals surface area contributed by atoms with Gasteiger partial charge in [0.05, 0.1) is 6.20 Å². The first-order valence-corrected chi connectivity index (χ1v) is 25.4. The van der Waals surface area contributed by atoms with Gasteiger partial charge in [0.15, 0.2) is 11.2 Å². The zero-order valence-electron chi connectivity index (χ0n) is 39.4. The quantitative estimate of drug-likeness (QED) is 0.145. The van der Waals surface area contributed by atoms with Gasteiger partial charge < -0.3 is 8.83 Å². The minimum absolute atomic E-state index is 0.768. The van der Waals surface area contributed by atoms with Crippen LogP contribution in [-0.4, -0.2) is 9.97 Å². The van der Waals surface area contributed by atoms with Crippen molar-refractivity contribution in [1.29, 1.82) is 0 Å². The molecule has 0 bridgehead atoms. The molecule has 0 saturated heterocycles. The number of hydrogen-bond donors (Lipinski definition) is 0. The minimum Gasteiger partial charge on any atom is -0.455 e. The zero-order valence-corrected chi connectivity index (χ0v) is 40.2. The number of rotatable bonds is 9. The maximum Gasteiger partial charge on any atom is 0.161 e. The number of pyridine rings is 2. The van der Waals surface area contributed by atoms with E-state index in [0.29, 0.717) is 0 Å². The van der Waals surface area contributed by atoms with Crippen LogP contribution in [0.5, 0.6) is 0 Å². The van der Waals surface area contributed by atoms with Crippen LogP contribution in [0.4, 0.5) is 0 Å². The number of fused-ring (bicyclic) bond motifs is 9. The van der Waals surface area contributed by atoms with Gasteiger partial charge >= 0.3 is 0 Å². The fraction of sp³-hybridized carbons (Fsp3) is 0.0448. The van der Waals surface area contributed by atoms with Crippen molar-refractivity contribution < 1.29 is 8.83 Å². The van der Waals surface area contributed by atoms with Crippen molar-refractivity contribution in [3.05, 3.63) is 242 Å². The summed E-state index contributed by atoms with van der Waals surface area (Å²) < 4.78 is 15.4. The van der Waals surface area contributed by atoms with Gasteiger partial charge in [-0.25, -0.2) is 0 Å². The first kappa shape index (κ1) is 42.0. The maximum absolute atomic E-state index is 6.43. The molecule has 0 spiro atoms. The van der Waals surface area contributed by atoms with Crippen LogP contribution < -0.4 is 0 Å². The summed E-state index contributed by atoms with van der Waals surface area (Å²) in [5, 5.41) is 7.01. The van der Waals surface area contributed by atoms with Gasteiger partial charge in [-0.15, -0.1) is 11.3 Å². The Hall–Kier alpha value is -8.90. The van der Waals surface area contributed by atoms with Crippen LogP contribution in [0.3, 0.4) is 0 Å². The lowest BCUT2D eigenvalue weighted by molar-refractivity contribution is 0.666. The maximum atomic E-state index is 6.43. The SMILES string of the molecule is Cc1ccc(-c2ccc(-c3cccc4c3sc3ccccc34)cc2)cc1-c1cc(-c2ccc(-c3cccc4c3oc3ccccc34)cc2)ccc1CCc1ccc(-c2nccc3c2oc2cnccc23)cc1. The molecule has 0 amide bonds. The molecule has 0 radical (unpaired) electrons. The van der Waals surface area contributed by atoms with Gasteiger partial charge in [0, 0.05) is 65.2 Å². The Kier molecular flexibility index (Phi) is 10.0. The summed E-state index contributed by atoms with van der Waals surface area (Å²) in [7, 11) is 0. The molecule has 4 nitrogen and oxygen atoms in total. The van der Waals surface area contributed by atoms with Crippen LogP contribution in [0, 0.1) is 6.92 Å². The van der Waals surface area contributed by atoms with E-state index in [0.717, 1.165) is 79.1 Å². The Balaban J connectivity index is 0.808. The Morgan fingerprint density at radius 1 is 0.403 bits per heavy atom. The smallest absolute Gasteiger partial charge is 0.161 e. The molecule has 5 aromatic heterocycles. The second-order valence-corrected chi connectivity index (χ2v) is 19.9. The number of aryl methyl sites for hydroxylation is 3. The lowest BCUT2D eigenvalue weighted by Crippen LogP contribution is -1.97. The topological polar surface area (TPSA) is 52.1 Å². The predicted molar refractivity (Wildman–Crippen MR) is 301 cm³/mol. The highest BCUT2D eigenvalue weighted by molar-refractivity contribution is 7.26. The number of para-hydroxylation sites is 2. The van der Waals surface area contributed by atoms with Crippen molar-refractivity contribution in [2.75, 3.05) is 0 Å². The largest absolute Gasteiger partial charge is 0.455 e. The second-order valence-electron chi connectivity index (χ2n) is 18.8. The number of benzene rings is 9. The molecule has 0 aliphatic heterocycles. The molecule has 5 heterocycles. The minimum atomic E-state index is 0.768. The third-order valence-corrected chi connectivity index (χ3v) is 15.8. The first-order chi connectivity index (χ1) is 35.6. The van der Waals surface area contributed by atoms with Crippen LogP contribution in [0.25, 0.3) is 131 Å². The number of nitrogens with zero attached hydrogens (tertiary/aromatic N) is 2. The molecule has 0 unspecified atom stereocenters. The molecular formula is C67H44N2O2S. The number of furan rings is 2. The normalized spacial score (nSPS) is 11.8. The molecule has 14 rings (SSSR count). The summed E-state index contributed by atoms with van der Waals surface area (Å²) in [5.74, 6) is 0. The molecule has 14 aromatic rings. The zero-order chi connectivity index (χ0) is 47.7. The molecule has 0 N–H and O–H groups in total. The molecule has 72 heavy (non-hydrogen) atoms. The third-order valence-electron chi connectivity index (χ3n) is 14.6. The highest BCUT2D eigenvalue weighted by atomic mass is 32.1. The standard InChI is InChI=1S/C67H44N2O2S/c1-41-16-20-49(43-26-30-46(31-27-43)52-11-7-13-58-55-9-3-5-15-63(55)72-67(52)58)38-59(41)60-39-50(44-24-28-45(29-25-44)51-10-6-12-56-53-8-2-4-14-61(53)70-65(51)56)33-32-47(60)21-17-42-18-22-48(23-19-42)64-66-57(35-37-69-64)54-34-36-68-40-62(54)71-66/h2-16,18-20,22-40H,17,21H2,1H3. The fourth-order valence-electron chi connectivity index (χ4n) is 10.8. The van der Waals surface area contributed by atoms with Crippen molar-refractivity contribution in [2.45, 2.75) is 19.8 Å². The Morgan fingerprint density at radius 3 is 1.82 bits per heavy atom. The van der Waals surface area contributed by atoms with Crippen LogP contribution in [0.2, 0.25) is 0 Å². The highest BCUT2D eigenvalue weighted by Crippen LogP contribution is 2.42. The van der Waals surface area contributed by atoms with Gasteiger partial charge in [-0.2, -0.15) is 0 Å². The molecule has 340 valence electrons. The lowest BCUT2D eigenvalue weighted by Gasteiger charge is -2.17. The molecule has 0 saturated carbocycles. The summed E-state index contributed by atoms with van der Waals surface area (Å²) in [6, 6.07) is 75.1. The van der Waals surface area contributed by atoms with E-state index in [1.165, 1.54) is 81.4 Å². The molecule has 5 heteroatoms. The monoisotopic (exact) mass is 940 g/mol. The van der Waals surface area contributed by atoms with Gasteiger partial charge in [-0.3, -0.25) is 9.97 Å². The van der Waals surface area contributed by atoms with E-state index in [4.69, 9.17) is 13.8 Å². The summed E-state index contributed by atoms with van der Waals surface area (Å²) in [4.78, 5) is 9.04. The number of thiophene rings is 1. The molecule has 0 aliphatic carbocycles. The summed E-state index contributed by atoms with van der Waals surface area (Å²) in [5.41, 5.74) is 21.0. The van der Waals surface area contributed by atoms with E-state index in [9.17, 15) is 0 Å². The van der Waals surface area contributed by atoms with Crippen molar-refractivity contribution in [3.63, 3.8) is 0 Å². The average molecular weight is 941 g/mol. The summed E-state index contributed by atoms with van der Waals surface area (Å²) in [6.45, 7) is 2.24. The fourth-order valence-corrected chi connectivity index (χ4v) is 12.1. The molecule has 0 atom stereocenters. The molecule has 0 fully saturated rings. The van der Waals surface area contributed by atoms with E-state index >= 15 is 0 Å². The van der Waals surface area contributed by atoms with Gasteiger partial charge in [-0.1, -0.05) is 170 Å². The Bertz CT molecular complexity index is 4390. The Labute approximate surface area is 420 Å². The van der Waals surface area contributed by atoms with Gasteiger partial charge in [-0.05, 0) is 123 Å². The molecule has 0 aliphatic rings. The van der Waals surface area contributed by atoms with Gasteiger partial charge in [0.1, 0.15) is 16.9 Å².